The second-order valence-electron chi connectivity index (χ2n) is 5.44. The van der Waals surface area contributed by atoms with Crippen LogP contribution in [-0.2, 0) is 9.59 Å². The molecular weight excluding hydrogens is 274 g/mol. The first-order valence-electron chi connectivity index (χ1n) is 6.53. The van der Waals surface area contributed by atoms with E-state index in [1.54, 1.807) is 26.0 Å². The molecule has 110 valence electrons. The number of amides is 2. The van der Waals surface area contributed by atoms with Gasteiger partial charge in [0.2, 0.25) is 5.54 Å². The second-order valence-corrected chi connectivity index (χ2v) is 5.44. The Hall–Kier alpha value is -2.50. The van der Waals surface area contributed by atoms with E-state index in [0.29, 0.717) is 4.90 Å². The monoisotopic (exact) mass is 289 g/mol. The van der Waals surface area contributed by atoms with Crippen molar-refractivity contribution in [1.29, 1.82) is 0 Å². The molecule has 0 spiro atoms. The highest BCUT2D eigenvalue weighted by molar-refractivity contribution is 6.25. The molecule has 1 aliphatic rings. The highest BCUT2D eigenvalue weighted by atomic mass is 16.4. The Morgan fingerprint density at radius 2 is 1.71 bits per heavy atom. The maximum Gasteiger partial charge on any atom is 0.337 e. The van der Waals surface area contributed by atoms with Crippen LogP contribution in [-0.4, -0.2) is 39.6 Å². The van der Waals surface area contributed by atoms with Gasteiger partial charge >= 0.3 is 5.97 Å². The van der Waals surface area contributed by atoms with Crippen molar-refractivity contribution in [1.82, 2.24) is 4.90 Å². The Morgan fingerprint density at radius 1 is 1.24 bits per heavy atom. The molecule has 1 aromatic carbocycles. The predicted octanol–water partition coefficient (Wildman–Crippen LogP) is 1.35. The molecule has 6 heteroatoms. The lowest BCUT2D eigenvalue weighted by molar-refractivity contribution is -0.151. The fourth-order valence-electron chi connectivity index (χ4n) is 2.60. The number of benzene rings is 1. The number of imide groups is 1. The van der Waals surface area contributed by atoms with Crippen LogP contribution in [0, 0.1) is 5.92 Å². The van der Waals surface area contributed by atoms with E-state index in [1.165, 1.54) is 12.1 Å². The maximum absolute atomic E-state index is 12.4. The minimum atomic E-state index is -2.17. The van der Waals surface area contributed by atoms with E-state index >= 15 is 0 Å². The molecule has 1 N–H and O–H groups in total. The van der Waals surface area contributed by atoms with Gasteiger partial charge in [-0.05, 0) is 24.5 Å². The molecule has 0 saturated carbocycles. The topological polar surface area (TPSA) is 91.8 Å². The first-order valence-corrected chi connectivity index (χ1v) is 6.53. The Bertz CT molecular complexity index is 602. The standard InChI is InChI=1S/C15H15NO5/c1-9(2)7-15(8-17,14(20)21)16-12(18)10-5-3-4-6-11(10)13(16)19/h3-6,8-9H,7H2,1-2H3,(H,20,21)/t15-/m1/s1. The lowest BCUT2D eigenvalue weighted by Gasteiger charge is -2.33. The van der Waals surface area contributed by atoms with Crippen molar-refractivity contribution < 1.29 is 24.3 Å². The van der Waals surface area contributed by atoms with E-state index in [9.17, 15) is 24.3 Å². The number of aliphatic carboxylic acids is 1. The van der Waals surface area contributed by atoms with Crippen molar-refractivity contribution >= 4 is 24.1 Å². The van der Waals surface area contributed by atoms with Gasteiger partial charge in [0.05, 0.1) is 11.1 Å². The lowest BCUT2D eigenvalue weighted by Crippen LogP contribution is -2.59. The van der Waals surface area contributed by atoms with Crippen LogP contribution in [0.1, 0.15) is 41.0 Å². The molecule has 1 heterocycles. The number of hydrogen-bond donors (Lipinski definition) is 1. The molecule has 0 unspecified atom stereocenters. The Labute approximate surface area is 121 Å². The van der Waals surface area contributed by atoms with Gasteiger partial charge in [-0.2, -0.15) is 0 Å². The molecule has 2 amide bonds. The summed E-state index contributed by atoms with van der Waals surface area (Å²) in [6, 6.07) is 6.06. The van der Waals surface area contributed by atoms with Crippen molar-refractivity contribution in [3.8, 4) is 0 Å². The largest absolute Gasteiger partial charge is 0.479 e. The van der Waals surface area contributed by atoms with Crippen LogP contribution in [0.25, 0.3) is 0 Å². The highest BCUT2D eigenvalue weighted by Crippen LogP contribution is 2.32. The number of fused-ring (bicyclic) bond motifs is 1. The minimum absolute atomic E-state index is 0.124. The molecule has 1 aromatic rings. The van der Waals surface area contributed by atoms with Crippen LogP contribution < -0.4 is 0 Å². The lowest BCUT2D eigenvalue weighted by atomic mass is 9.88. The summed E-state index contributed by atoms with van der Waals surface area (Å²) in [5.41, 5.74) is -1.92. The summed E-state index contributed by atoms with van der Waals surface area (Å²) in [6.07, 6.45) is 0.0499. The molecule has 1 atom stereocenters. The third-order valence-corrected chi connectivity index (χ3v) is 3.48. The van der Waals surface area contributed by atoms with Gasteiger partial charge in [-0.15, -0.1) is 0 Å². The molecule has 0 bridgehead atoms. The van der Waals surface area contributed by atoms with Crippen LogP contribution in [0.4, 0.5) is 0 Å². The van der Waals surface area contributed by atoms with Gasteiger partial charge < -0.3 is 9.90 Å². The number of hydrogen-bond acceptors (Lipinski definition) is 4. The first kappa shape index (κ1) is 14.9. The summed E-state index contributed by atoms with van der Waals surface area (Å²) in [5.74, 6) is -3.17. The summed E-state index contributed by atoms with van der Waals surface area (Å²) in [4.78, 5) is 48.5. The van der Waals surface area contributed by atoms with Gasteiger partial charge in [0.25, 0.3) is 11.8 Å². The average Bonchev–Trinajstić information content (AvgIpc) is 2.69. The van der Waals surface area contributed by atoms with Crippen LogP contribution in [0.15, 0.2) is 24.3 Å². The average molecular weight is 289 g/mol. The maximum atomic E-state index is 12.4. The molecular formula is C15H15NO5. The van der Waals surface area contributed by atoms with Crippen molar-refractivity contribution in [2.24, 2.45) is 5.92 Å². The summed E-state index contributed by atoms with van der Waals surface area (Å²) in [6.45, 7) is 3.44. The van der Waals surface area contributed by atoms with Crippen molar-refractivity contribution in [2.45, 2.75) is 25.8 Å². The highest BCUT2D eigenvalue weighted by Gasteiger charge is 2.54. The third kappa shape index (κ3) is 2.12. The molecule has 0 radical (unpaired) electrons. The van der Waals surface area contributed by atoms with E-state index in [4.69, 9.17) is 0 Å². The Kier molecular flexibility index (Phi) is 3.63. The van der Waals surface area contributed by atoms with Gasteiger partial charge in [-0.3, -0.25) is 14.5 Å². The molecule has 1 aliphatic heterocycles. The number of carbonyl (C=O) groups is 4. The number of rotatable bonds is 5. The predicted molar refractivity (Wildman–Crippen MR) is 72.8 cm³/mol. The zero-order chi connectivity index (χ0) is 15.8. The summed E-state index contributed by atoms with van der Waals surface area (Å²) >= 11 is 0. The molecule has 0 fully saturated rings. The Balaban J connectivity index is 2.58. The van der Waals surface area contributed by atoms with Crippen LogP contribution >= 0.6 is 0 Å². The molecule has 6 nitrogen and oxygen atoms in total. The zero-order valence-electron chi connectivity index (χ0n) is 11.7. The molecule has 0 saturated heterocycles. The number of carboxylic acid groups (broad SMARTS) is 1. The Morgan fingerprint density at radius 3 is 2.05 bits per heavy atom. The van der Waals surface area contributed by atoms with E-state index in [0.717, 1.165) is 0 Å². The fourth-order valence-corrected chi connectivity index (χ4v) is 2.60. The van der Waals surface area contributed by atoms with E-state index in [1.807, 2.05) is 0 Å². The quantitative estimate of drug-likeness (QED) is 0.502. The summed E-state index contributed by atoms with van der Waals surface area (Å²) in [7, 11) is 0. The van der Waals surface area contributed by atoms with E-state index in [2.05, 4.69) is 0 Å². The van der Waals surface area contributed by atoms with Gasteiger partial charge in [-0.25, -0.2) is 4.79 Å². The third-order valence-electron chi connectivity index (χ3n) is 3.48. The smallest absolute Gasteiger partial charge is 0.337 e. The normalized spacial score (nSPS) is 16.8. The van der Waals surface area contributed by atoms with Crippen LogP contribution in [0.3, 0.4) is 0 Å². The van der Waals surface area contributed by atoms with Crippen molar-refractivity contribution in [2.75, 3.05) is 0 Å². The molecule has 0 aliphatic carbocycles. The SMILES string of the molecule is CC(C)C[C@@](C=O)(C(=O)O)N1C(=O)c2ccccc2C1=O. The number of carbonyl (C=O) groups excluding carboxylic acids is 3. The van der Waals surface area contributed by atoms with Crippen molar-refractivity contribution in [3.63, 3.8) is 0 Å². The van der Waals surface area contributed by atoms with E-state index in [-0.39, 0.29) is 29.8 Å². The minimum Gasteiger partial charge on any atom is -0.479 e. The van der Waals surface area contributed by atoms with Crippen LogP contribution in [0.2, 0.25) is 0 Å². The fraction of sp³-hybridized carbons (Fsp3) is 0.333. The zero-order valence-corrected chi connectivity index (χ0v) is 11.7. The number of carboxylic acids is 1. The first-order chi connectivity index (χ1) is 9.85. The van der Waals surface area contributed by atoms with Gasteiger partial charge in [0, 0.05) is 0 Å². The number of nitrogens with zero attached hydrogens (tertiary/aromatic N) is 1. The molecule has 0 aromatic heterocycles. The van der Waals surface area contributed by atoms with Crippen molar-refractivity contribution in [3.05, 3.63) is 35.4 Å². The van der Waals surface area contributed by atoms with Gasteiger partial charge in [0.15, 0.2) is 6.29 Å². The summed E-state index contributed by atoms with van der Waals surface area (Å²) in [5, 5.41) is 9.47. The number of aldehydes is 1. The van der Waals surface area contributed by atoms with Gasteiger partial charge in [-0.1, -0.05) is 26.0 Å². The van der Waals surface area contributed by atoms with Crippen LogP contribution in [0.5, 0.6) is 0 Å². The molecule has 2 rings (SSSR count). The second kappa shape index (κ2) is 5.12. The van der Waals surface area contributed by atoms with E-state index < -0.39 is 23.3 Å². The molecule has 21 heavy (non-hydrogen) atoms. The summed E-state index contributed by atoms with van der Waals surface area (Å²) < 4.78 is 0. The van der Waals surface area contributed by atoms with Gasteiger partial charge in [0.1, 0.15) is 0 Å².